The van der Waals surface area contributed by atoms with Crippen LogP contribution in [-0.2, 0) is 4.79 Å². The van der Waals surface area contributed by atoms with Crippen molar-refractivity contribution in [1.29, 1.82) is 0 Å². The number of hydrogen-bond acceptors (Lipinski definition) is 5. The number of benzene rings is 1. The first-order valence-corrected chi connectivity index (χ1v) is 10.2. The summed E-state index contributed by atoms with van der Waals surface area (Å²) in [5.41, 5.74) is 1.02. The molecule has 0 aromatic heterocycles. The van der Waals surface area contributed by atoms with Gasteiger partial charge < -0.3 is 19.6 Å². The van der Waals surface area contributed by atoms with Gasteiger partial charge >= 0.3 is 0 Å². The van der Waals surface area contributed by atoms with E-state index in [9.17, 15) is 9.90 Å². The summed E-state index contributed by atoms with van der Waals surface area (Å²) >= 11 is 1.79. The lowest BCUT2D eigenvalue weighted by Crippen LogP contribution is -2.39. The Kier molecular flexibility index (Phi) is 7.90. The summed E-state index contributed by atoms with van der Waals surface area (Å²) in [6.45, 7) is 10.6. The molecule has 2 rings (SSSR count). The normalized spacial score (nSPS) is 18.0. The minimum absolute atomic E-state index is 0.00207. The number of aromatic hydroxyl groups is 1. The van der Waals surface area contributed by atoms with Gasteiger partial charge in [0.25, 0.3) is 0 Å². The van der Waals surface area contributed by atoms with Gasteiger partial charge in [-0.15, -0.1) is 11.8 Å². The predicted octanol–water partition coefficient (Wildman–Crippen LogP) is 3.49. The molecule has 1 saturated heterocycles. The summed E-state index contributed by atoms with van der Waals surface area (Å²) in [4.78, 5) is 16.9. The number of ether oxygens (including phenoxy) is 1. The van der Waals surface area contributed by atoms with E-state index in [4.69, 9.17) is 4.74 Å². The lowest BCUT2D eigenvalue weighted by atomic mass is 10.1. The van der Waals surface area contributed by atoms with Crippen LogP contribution < -0.4 is 4.74 Å². The monoisotopic (exact) mass is 366 g/mol. The van der Waals surface area contributed by atoms with E-state index in [2.05, 4.69) is 18.7 Å². The molecule has 1 aliphatic rings. The van der Waals surface area contributed by atoms with Crippen LogP contribution >= 0.6 is 11.8 Å². The molecule has 0 radical (unpaired) electrons. The molecule has 5 nitrogen and oxygen atoms in total. The van der Waals surface area contributed by atoms with Crippen molar-refractivity contribution in [2.75, 3.05) is 38.5 Å². The molecule has 1 aliphatic heterocycles. The molecule has 1 aromatic rings. The molecule has 1 aromatic carbocycles. The number of thioether (sulfide) groups is 1. The van der Waals surface area contributed by atoms with E-state index < -0.39 is 0 Å². The van der Waals surface area contributed by atoms with Crippen molar-refractivity contribution >= 4 is 17.7 Å². The van der Waals surface area contributed by atoms with Crippen LogP contribution in [0.3, 0.4) is 0 Å². The second-order valence-corrected chi connectivity index (χ2v) is 7.29. The average Bonchev–Trinajstić information content (AvgIpc) is 2.62. The van der Waals surface area contributed by atoms with E-state index in [1.54, 1.807) is 17.8 Å². The number of carbonyl (C=O) groups excluding carboxylic acids is 1. The Morgan fingerprint density at radius 1 is 1.32 bits per heavy atom. The molecule has 1 unspecified atom stereocenters. The molecule has 1 N–H and O–H groups in total. The molecular formula is C19H30N2O3S. The summed E-state index contributed by atoms with van der Waals surface area (Å²) in [5.74, 6) is 1.68. The Bertz CT molecular complexity index is 564. The van der Waals surface area contributed by atoms with Crippen LogP contribution in [0.5, 0.6) is 11.5 Å². The van der Waals surface area contributed by atoms with Crippen LogP contribution in [-0.4, -0.2) is 59.4 Å². The van der Waals surface area contributed by atoms with Crippen molar-refractivity contribution in [2.45, 2.75) is 39.0 Å². The smallest absolute Gasteiger partial charge is 0.224 e. The molecule has 0 spiro atoms. The summed E-state index contributed by atoms with van der Waals surface area (Å²) < 4.78 is 5.50. The minimum Gasteiger partial charge on any atom is -0.504 e. The quantitative estimate of drug-likeness (QED) is 0.725. The fourth-order valence-corrected chi connectivity index (χ4v) is 4.36. The van der Waals surface area contributed by atoms with Crippen LogP contribution in [0.15, 0.2) is 18.2 Å². The van der Waals surface area contributed by atoms with Gasteiger partial charge in [-0.05, 0) is 50.7 Å². The van der Waals surface area contributed by atoms with Crippen LogP contribution in [0.25, 0.3) is 0 Å². The van der Waals surface area contributed by atoms with Gasteiger partial charge in [0.1, 0.15) is 5.37 Å². The molecular weight excluding hydrogens is 336 g/mol. The van der Waals surface area contributed by atoms with E-state index in [1.165, 1.54) is 0 Å². The van der Waals surface area contributed by atoms with Gasteiger partial charge in [0.05, 0.1) is 6.61 Å². The van der Waals surface area contributed by atoms with Gasteiger partial charge in [-0.1, -0.05) is 19.9 Å². The topological polar surface area (TPSA) is 53.0 Å². The van der Waals surface area contributed by atoms with Crippen molar-refractivity contribution in [3.63, 3.8) is 0 Å². The van der Waals surface area contributed by atoms with Crippen LogP contribution in [0.4, 0.5) is 0 Å². The largest absolute Gasteiger partial charge is 0.504 e. The molecule has 1 heterocycles. The second kappa shape index (κ2) is 9.92. The van der Waals surface area contributed by atoms with E-state index in [0.717, 1.165) is 43.9 Å². The predicted molar refractivity (Wildman–Crippen MR) is 103 cm³/mol. The molecule has 1 fully saturated rings. The van der Waals surface area contributed by atoms with E-state index in [1.807, 2.05) is 24.0 Å². The lowest BCUT2D eigenvalue weighted by Gasteiger charge is -2.36. The molecule has 25 heavy (non-hydrogen) atoms. The first-order chi connectivity index (χ1) is 12.1. The number of rotatable bonds is 9. The molecule has 6 heteroatoms. The van der Waals surface area contributed by atoms with Gasteiger partial charge in [-0.25, -0.2) is 0 Å². The Balaban J connectivity index is 2.10. The highest BCUT2D eigenvalue weighted by Crippen LogP contribution is 2.40. The fourth-order valence-electron chi connectivity index (χ4n) is 3.10. The number of phenols is 1. The number of hydrogen-bond donors (Lipinski definition) is 1. The lowest BCUT2D eigenvalue weighted by molar-refractivity contribution is -0.132. The second-order valence-electron chi connectivity index (χ2n) is 6.10. The summed E-state index contributed by atoms with van der Waals surface area (Å²) in [6, 6.07) is 5.42. The Morgan fingerprint density at radius 2 is 2.08 bits per heavy atom. The van der Waals surface area contributed by atoms with E-state index in [-0.39, 0.29) is 17.0 Å². The maximum absolute atomic E-state index is 12.5. The Hall–Kier alpha value is -1.40. The minimum atomic E-state index is -0.00207. The van der Waals surface area contributed by atoms with Gasteiger partial charge in [0, 0.05) is 18.7 Å². The summed E-state index contributed by atoms with van der Waals surface area (Å²) in [7, 11) is 0. The SMILES string of the molecule is CCOc1cc(C2SCCC(=O)N2CCCN(CC)CC)ccc1O. The third-order valence-corrected chi connectivity index (χ3v) is 5.81. The van der Waals surface area contributed by atoms with Crippen LogP contribution in [0.1, 0.15) is 44.6 Å². The molecule has 1 amide bonds. The maximum Gasteiger partial charge on any atom is 0.224 e. The van der Waals surface area contributed by atoms with Crippen LogP contribution in [0.2, 0.25) is 0 Å². The van der Waals surface area contributed by atoms with Crippen molar-refractivity contribution < 1.29 is 14.6 Å². The highest BCUT2D eigenvalue weighted by molar-refractivity contribution is 7.99. The third-order valence-electron chi connectivity index (χ3n) is 4.53. The standard InChI is InChI=1S/C19H30N2O3S/c1-4-20(5-2)11-7-12-21-18(23)10-13-25-19(21)15-8-9-16(22)17(14-15)24-6-3/h8-9,14,19,22H,4-7,10-13H2,1-3H3. The number of nitrogens with zero attached hydrogens (tertiary/aromatic N) is 2. The van der Waals surface area contributed by atoms with Crippen molar-refractivity contribution in [3.8, 4) is 11.5 Å². The first-order valence-electron chi connectivity index (χ1n) is 9.19. The van der Waals surface area contributed by atoms with Gasteiger partial charge in [0.15, 0.2) is 11.5 Å². The van der Waals surface area contributed by atoms with Crippen LogP contribution in [0, 0.1) is 0 Å². The van der Waals surface area contributed by atoms with Crippen molar-refractivity contribution in [2.24, 2.45) is 0 Å². The zero-order chi connectivity index (χ0) is 18.2. The number of phenolic OH excluding ortho intramolecular Hbond substituents is 1. The summed E-state index contributed by atoms with van der Waals surface area (Å²) in [6.07, 6.45) is 1.57. The van der Waals surface area contributed by atoms with E-state index in [0.29, 0.717) is 18.8 Å². The third kappa shape index (κ3) is 5.28. The maximum atomic E-state index is 12.5. The molecule has 1 atom stereocenters. The zero-order valence-electron chi connectivity index (χ0n) is 15.5. The van der Waals surface area contributed by atoms with Crippen molar-refractivity contribution in [1.82, 2.24) is 9.80 Å². The average molecular weight is 367 g/mol. The Labute approximate surface area is 155 Å². The fraction of sp³-hybridized carbons (Fsp3) is 0.632. The zero-order valence-corrected chi connectivity index (χ0v) is 16.3. The molecule has 0 bridgehead atoms. The van der Waals surface area contributed by atoms with Gasteiger partial charge in [0.2, 0.25) is 5.91 Å². The highest BCUT2D eigenvalue weighted by atomic mass is 32.2. The molecule has 140 valence electrons. The van der Waals surface area contributed by atoms with Crippen molar-refractivity contribution in [3.05, 3.63) is 23.8 Å². The Morgan fingerprint density at radius 3 is 2.76 bits per heavy atom. The number of amides is 1. The van der Waals surface area contributed by atoms with Gasteiger partial charge in [-0.3, -0.25) is 4.79 Å². The number of carbonyl (C=O) groups is 1. The van der Waals surface area contributed by atoms with Gasteiger partial charge in [-0.2, -0.15) is 0 Å². The first kappa shape index (κ1) is 19.9. The van der Waals surface area contributed by atoms with E-state index >= 15 is 0 Å². The molecule has 0 aliphatic carbocycles. The summed E-state index contributed by atoms with van der Waals surface area (Å²) in [5, 5.41) is 9.92. The molecule has 0 saturated carbocycles. The highest BCUT2D eigenvalue weighted by Gasteiger charge is 2.30.